The summed E-state index contributed by atoms with van der Waals surface area (Å²) >= 11 is 0. The molecule has 1 saturated carbocycles. The Morgan fingerprint density at radius 3 is 2.92 bits per heavy atom. The van der Waals surface area contributed by atoms with Crippen molar-refractivity contribution in [2.24, 2.45) is 5.92 Å². The van der Waals surface area contributed by atoms with Crippen LogP contribution in [-0.2, 0) is 9.53 Å². The highest BCUT2D eigenvalue weighted by Crippen LogP contribution is 2.37. The lowest BCUT2D eigenvalue weighted by molar-refractivity contribution is -0.161. The molecule has 0 aromatic heterocycles. The Balaban J connectivity index is 2.08. The smallest absolute Gasteiger partial charge is 0.138 e. The van der Waals surface area contributed by atoms with Gasteiger partial charge in [0.05, 0.1) is 11.7 Å². The molecule has 0 bridgehead atoms. The van der Waals surface area contributed by atoms with Gasteiger partial charge in [0.15, 0.2) is 0 Å². The molecule has 0 radical (unpaired) electrons. The number of hydrogen-bond donors (Lipinski definition) is 0. The fourth-order valence-electron chi connectivity index (χ4n) is 2.53. The second-order valence-corrected chi connectivity index (χ2v) is 4.92. The SMILES string of the molecule is CC1(C)CCC2C(=O)CCCC2O1. The van der Waals surface area contributed by atoms with Gasteiger partial charge in [-0.05, 0) is 39.5 Å². The van der Waals surface area contributed by atoms with Crippen molar-refractivity contribution in [3.05, 3.63) is 0 Å². The summed E-state index contributed by atoms with van der Waals surface area (Å²) in [5.74, 6) is 0.661. The van der Waals surface area contributed by atoms with Gasteiger partial charge < -0.3 is 4.74 Å². The Bertz CT molecular complexity index is 220. The van der Waals surface area contributed by atoms with Crippen LogP contribution in [0.2, 0.25) is 0 Å². The zero-order valence-corrected chi connectivity index (χ0v) is 8.51. The highest BCUT2D eigenvalue weighted by atomic mass is 16.5. The predicted molar refractivity (Wildman–Crippen MR) is 50.5 cm³/mol. The highest BCUT2D eigenvalue weighted by molar-refractivity contribution is 5.82. The summed E-state index contributed by atoms with van der Waals surface area (Å²) in [6.45, 7) is 4.25. The van der Waals surface area contributed by atoms with E-state index < -0.39 is 0 Å². The average Bonchev–Trinajstić information content (AvgIpc) is 2.02. The van der Waals surface area contributed by atoms with Crippen molar-refractivity contribution in [2.75, 3.05) is 0 Å². The van der Waals surface area contributed by atoms with E-state index in [0.29, 0.717) is 5.78 Å². The summed E-state index contributed by atoms with van der Waals surface area (Å²) < 4.78 is 5.93. The molecule has 2 nitrogen and oxygen atoms in total. The first-order valence-electron chi connectivity index (χ1n) is 5.29. The van der Waals surface area contributed by atoms with Crippen molar-refractivity contribution >= 4 is 5.78 Å². The molecule has 1 heterocycles. The van der Waals surface area contributed by atoms with Gasteiger partial charge in [0.25, 0.3) is 0 Å². The minimum absolute atomic E-state index is 0.00120. The van der Waals surface area contributed by atoms with Gasteiger partial charge in [0, 0.05) is 12.3 Å². The van der Waals surface area contributed by atoms with E-state index in [1.54, 1.807) is 0 Å². The van der Waals surface area contributed by atoms with Gasteiger partial charge in [-0.25, -0.2) is 0 Å². The molecule has 1 aliphatic carbocycles. The molecule has 2 unspecified atom stereocenters. The quantitative estimate of drug-likeness (QED) is 0.574. The maximum absolute atomic E-state index is 11.6. The molecule has 0 aromatic carbocycles. The Hall–Kier alpha value is -0.370. The fraction of sp³-hybridized carbons (Fsp3) is 0.909. The first kappa shape index (κ1) is 9.20. The molecule has 2 aliphatic rings. The molecule has 1 aliphatic heterocycles. The molecule has 2 fully saturated rings. The molecular formula is C11H18O2. The molecule has 0 aromatic rings. The van der Waals surface area contributed by atoms with Crippen molar-refractivity contribution in [1.29, 1.82) is 0 Å². The second-order valence-electron chi connectivity index (χ2n) is 4.92. The van der Waals surface area contributed by atoms with E-state index in [0.717, 1.165) is 32.1 Å². The van der Waals surface area contributed by atoms with E-state index in [1.165, 1.54) is 0 Å². The summed E-state index contributed by atoms with van der Waals surface area (Å²) in [4.78, 5) is 11.6. The summed E-state index contributed by atoms with van der Waals surface area (Å²) in [5.41, 5.74) is -0.00120. The maximum atomic E-state index is 11.6. The lowest BCUT2D eigenvalue weighted by Gasteiger charge is -2.42. The van der Waals surface area contributed by atoms with Crippen LogP contribution >= 0.6 is 0 Å². The number of hydrogen-bond acceptors (Lipinski definition) is 2. The third kappa shape index (κ3) is 1.78. The summed E-state index contributed by atoms with van der Waals surface area (Å²) in [7, 11) is 0. The molecule has 2 atom stereocenters. The Morgan fingerprint density at radius 1 is 1.38 bits per heavy atom. The lowest BCUT2D eigenvalue weighted by Crippen LogP contribution is -2.45. The molecule has 2 heteroatoms. The van der Waals surface area contributed by atoms with Gasteiger partial charge in [0.2, 0.25) is 0 Å². The number of carbonyl (C=O) groups is 1. The van der Waals surface area contributed by atoms with E-state index in [1.807, 2.05) is 0 Å². The zero-order valence-electron chi connectivity index (χ0n) is 8.51. The Kier molecular flexibility index (Phi) is 2.18. The van der Waals surface area contributed by atoms with E-state index in [-0.39, 0.29) is 17.6 Å². The van der Waals surface area contributed by atoms with Crippen LogP contribution in [0.3, 0.4) is 0 Å². The number of fused-ring (bicyclic) bond motifs is 1. The standard InChI is InChI=1S/C11H18O2/c1-11(2)7-6-8-9(12)4-3-5-10(8)13-11/h8,10H,3-7H2,1-2H3. The fourth-order valence-corrected chi connectivity index (χ4v) is 2.53. The molecule has 0 N–H and O–H groups in total. The predicted octanol–water partition coefficient (Wildman–Crippen LogP) is 2.31. The number of ether oxygens (including phenoxy) is 1. The second kappa shape index (κ2) is 3.09. The van der Waals surface area contributed by atoms with Crippen molar-refractivity contribution in [3.63, 3.8) is 0 Å². The number of ketones is 1. The van der Waals surface area contributed by atoms with Gasteiger partial charge in [-0.15, -0.1) is 0 Å². The highest BCUT2D eigenvalue weighted by Gasteiger charge is 2.40. The number of rotatable bonds is 0. The molecule has 0 spiro atoms. The minimum atomic E-state index is -0.00120. The van der Waals surface area contributed by atoms with Crippen LogP contribution in [-0.4, -0.2) is 17.5 Å². The first-order chi connectivity index (χ1) is 6.08. The number of carbonyl (C=O) groups excluding carboxylic acids is 1. The van der Waals surface area contributed by atoms with E-state index in [2.05, 4.69) is 13.8 Å². The van der Waals surface area contributed by atoms with E-state index >= 15 is 0 Å². The van der Waals surface area contributed by atoms with Gasteiger partial charge in [-0.3, -0.25) is 4.79 Å². The van der Waals surface area contributed by atoms with Crippen molar-refractivity contribution in [1.82, 2.24) is 0 Å². The molecule has 13 heavy (non-hydrogen) atoms. The Labute approximate surface area is 79.7 Å². The summed E-state index contributed by atoms with van der Waals surface area (Å²) in [6.07, 6.45) is 5.18. The molecule has 1 saturated heterocycles. The first-order valence-corrected chi connectivity index (χ1v) is 5.29. The molecular weight excluding hydrogens is 164 g/mol. The summed E-state index contributed by atoms with van der Waals surface area (Å²) in [5, 5.41) is 0. The molecule has 0 amide bonds. The number of Topliss-reactive ketones (excluding diaryl/α,β-unsaturated/α-hetero) is 1. The maximum Gasteiger partial charge on any atom is 0.138 e. The third-order valence-electron chi connectivity index (χ3n) is 3.30. The van der Waals surface area contributed by atoms with E-state index in [4.69, 9.17) is 4.74 Å². The zero-order chi connectivity index (χ0) is 9.47. The van der Waals surface area contributed by atoms with Gasteiger partial charge in [0.1, 0.15) is 5.78 Å². The van der Waals surface area contributed by atoms with Crippen LogP contribution < -0.4 is 0 Å². The monoisotopic (exact) mass is 182 g/mol. The van der Waals surface area contributed by atoms with Crippen LogP contribution in [0, 0.1) is 5.92 Å². The topological polar surface area (TPSA) is 26.3 Å². The van der Waals surface area contributed by atoms with Crippen LogP contribution in [0.4, 0.5) is 0 Å². The van der Waals surface area contributed by atoms with Crippen LogP contribution in [0.15, 0.2) is 0 Å². The Morgan fingerprint density at radius 2 is 2.15 bits per heavy atom. The van der Waals surface area contributed by atoms with Crippen LogP contribution in [0.1, 0.15) is 46.0 Å². The lowest BCUT2D eigenvalue weighted by atomic mass is 9.77. The van der Waals surface area contributed by atoms with Gasteiger partial charge in [-0.2, -0.15) is 0 Å². The van der Waals surface area contributed by atoms with Crippen molar-refractivity contribution in [3.8, 4) is 0 Å². The van der Waals surface area contributed by atoms with Gasteiger partial charge in [-0.1, -0.05) is 0 Å². The van der Waals surface area contributed by atoms with E-state index in [9.17, 15) is 4.79 Å². The van der Waals surface area contributed by atoms with Crippen molar-refractivity contribution < 1.29 is 9.53 Å². The van der Waals surface area contributed by atoms with Crippen LogP contribution in [0.5, 0.6) is 0 Å². The molecule has 2 rings (SSSR count). The van der Waals surface area contributed by atoms with Crippen LogP contribution in [0.25, 0.3) is 0 Å². The molecule has 74 valence electrons. The van der Waals surface area contributed by atoms with Gasteiger partial charge >= 0.3 is 0 Å². The summed E-state index contributed by atoms with van der Waals surface area (Å²) in [6, 6.07) is 0. The van der Waals surface area contributed by atoms with Crippen molar-refractivity contribution in [2.45, 2.75) is 57.7 Å². The average molecular weight is 182 g/mol. The largest absolute Gasteiger partial charge is 0.372 e. The minimum Gasteiger partial charge on any atom is -0.372 e. The normalized spacial score (nSPS) is 38.5. The third-order valence-corrected chi connectivity index (χ3v) is 3.30.